The number of carbonyl (C=O) groups is 1. The van der Waals surface area contributed by atoms with Crippen molar-refractivity contribution in [3.63, 3.8) is 0 Å². The number of carboxylic acids is 1. The standard InChI is InChI=1S/C13H11FN2O2/c14-9-3-1-8(2-4-9)12-15-11(13(17)18)7-16(12)10-5-6-10/h1-4,7,10H,5-6H2,(H,17,18). The minimum Gasteiger partial charge on any atom is -0.476 e. The number of hydrogen-bond acceptors (Lipinski definition) is 2. The minimum absolute atomic E-state index is 0.0289. The van der Waals surface area contributed by atoms with Crippen molar-refractivity contribution in [2.45, 2.75) is 18.9 Å². The Morgan fingerprint density at radius 2 is 2.00 bits per heavy atom. The highest BCUT2D eigenvalue weighted by Gasteiger charge is 2.28. The highest BCUT2D eigenvalue weighted by atomic mass is 19.1. The fourth-order valence-corrected chi connectivity index (χ4v) is 1.94. The Labute approximate surface area is 103 Å². The largest absolute Gasteiger partial charge is 0.476 e. The lowest BCUT2D eigenvalue weighted by Crippen LogP contribution is -1.95. The average molecular weight is 246 g/mol. The molecular formula is C13H11FN2O2. The maximum absolute atomic E-state index is 12.9. The van der Waals surface area contributed by atoms with Gasteiger partial charge in [0.15, 0.2) is 5.69 Å². The molecule has 1 aromatic heterocycles. The highest BCUT2D eigenvalue weighted by molar-refractivity contribution is 5.86. The lowest BCUT2D eigenvalue weighted by atomic mass is 10.2. The molecule has 1 saturated carbocycles. The topological polar surface area (TPSA) is 55.1 Å². The number of halogens is 1. The van der Waals surface area contributed by atoms with Gasteiger partial charge in [-0.1, -0.05) is 0 Å². The Kier molecular flexibility index (Phi) is 2.40. The second kappa shape index (κ2) is 3.94. The van der Waals surface area contributed by atoms with Crippen LogP contribution < -0.4 is 0 Å². The van der Waals surface area contributed by atoms with Crippen LogP contribution in [0.1, 0.15) is 29.4 Å². The van der Waals surface area contributed by atoms with Crippen LogP contribution in [0, 0.1) is 5.82 Å². The lowest BCUT2D eigenvalue weighted by Gasteiger charge is -2.05. The molecule has 1 aromatic carbocycles. The van der Waals surface area contributed by atoms with Gasteiger partial charge in [-0.15, -0.1) is 0 Å². The van der Waals surface area contributed by atoms with Crippen LogP contribution in [0.15, 0.2) is 30.5 Å². The Bertz CT molecular complexity index is 600. The Morgan fingerprint density at radius 3 is 2.56 bits per heavy atom. The molecule has 5 heteroatoms. The molecule has 3 rings (SSSR count). The third-order valence-corrected chi connectivity index (χ3v) is 2.99. The van der Waals surface area contributed by atoms with Gasteiger partial charge in [-0.3, -0.25) is 0 Å². The molecule has 0 amide bonds. The molecule has 92 valence electrons. The van der Waals surface area contributed by atoms with Crippen LogP contribution in [-0.2, 0) is 0 Å². The van der Waals surface area contributed by atoms with Crippen molar-refractivity contribution >= 4 is 5.97 Å². The Hall–Kier alpha value is -2.17. The number of carboxylic acid groups (broad SMARTS) is 1. The first-order valence-corrected chi connectivity index (χ1v) is 5.73. The molecule has 2 aromatic rings. The fourth-order valence-electron chi connectivity index (χ4n) is 1.94. The Morgan fingerprint density at radius 1 is 1.33 bits per heavy atom. The van der Waals surface area contributed by atoms with E-state index in [0.717, 1.165) is 18.4 Å². The van der Waals surface area contributed by atoms with E-state index in [1.165, 1.54) is 12.1 Å². The van der Waals surface area contributed by atoms with E-state index in [1.807, 2.05) is 4.57 Å². The Balaban J connectivity index is 2.09. The predicted octanol–water partition coefficient (Wildman–Crippen LogP) is 2.72. The van der Waals surface area contributed by atoms with E-state index in [0.29, 0.717) is 11.9 Å². The van der Waals surface area contributed by atoms with Gasteiger partial charge in [-0.05, 0) is 37.1 Å². The molecule has 0 bridgehead atoms. The van der Waals surface area contributed by atoms with Crippen LogP contribution in [0.25, 0.3) is 11.4 Å². The summed E-state index contributed by atoms with van der Waals surface area (Å²) in [5.74, 6) is -0.769. The molecule has 1 aliphatic carbocycles. The van der Waals surface area contributed by atoms with Gasteiger partial charge in [-0.2, -0.15) is 0 Å². The summed E-state index contributed by atoms with van der Waals surface area (Å²) in [6.45, 7) is 0. The van der Waals surface area contributed by atoms with Crippen molar-refractivity contribution < 1.29 is 14.3 Å². The van der Waals surface area contributed by atoms with Gasteiger partial charge in [0.1, 0.15) is 11.6 Å². The molecule has 0 spiro atoms. The quantitative estimate of drug-likeness (QED) is 0.905. The van der Waals surface area contributed by atoms with Gasteiger partial charge in [0.05, 0.1) is 0 Å². The van der Waals surface area contributed by atoms with E-state index in [4.69, 9.17) is 5.11 Å². The summed E-state index contributed by atoms with van der Waals surface area (Å²) in [7, 11) is 0. The summed E-state index contributed by atoms with van der Waals surface area (Å²) >= 11 is 0. The van der Waals surface area contributed by atoms with Gasteiger partial charge < -0.3 is 9.67 Å². The fraction of sp³-hybridized carbons (Fsp3) is 0.231. The van der Waals surface area contributed by atoms with Crippen LogP contribution in [-0.4, -0.2) is 20.6 Å². The maximum atomic E-state index is 12.9. The summed E-state index contributed by atoms with van der Waals surface area (Å²) in [5, 5.41) is 8.98. The number of aromatic nitrogens is 2. The van der Waals surface area contributed by atoms with E-state index in [9.17, 15) is 9.18 Å². The number of aromatic carboxylic acids is 1. The molecule has 1 heterocycles. The second-order valence-electron chi connectivity index (χ2n) is 4.40. The summed E-state index contributed by atoms with van der Waals surface area (Å²) in [5.41, 5.74) is 0.761. The summed E-state index contributed by atoms with van der Waals surface area (Å²) in [4.78, 5) is 15.1. The number of nitrogens with zero attached hydrogens (tertiary/aromatic N) is 2. The number of rotatable bonds is 3. The van der Waals surface area contributed by atoms with E-state index < -0.39 is 5.97 Å². The van der Waals surface area contributed by atoms with Crippen LogP contribution in [0.2, 0.25) is 0 Å². The van der Waals surface area contributed by atoms with Gasteiger partial charge in [-0.25, -0.2) is 14.2 Å². The molecule has 4 nitrogen and oxygen atoms in total. The highest BCUT2D eigenvalue weighted by Crippen LogP contribution is 2.38. The van der Waals surface area contributed by atoms with Crippen LogP contribution in [0.5, 0.6) is 0 Å². The molecule has 0 saturated heterocycles. The number of hydrogen-bond donors (Lipinski definition) is 1. The van der Waals surface area contributed by atoms with Gasteiger partial charge in [0.25, 0.3) is 0 Å². The molecule has 1 aliphatic rings. The number of benzene rings is 1. The van der Waals surface area contributed by atoms with Gasteiger partial charge >= 0.3 is 5.97 Å². The maximum Gasteiger partial charge on any atom is 0.356 e. The third-order valence-electron chi connectivity index (χ3n) is 2.99. The van der Waals surface area contributed by atoms with E-state index in [1.54, 1.807) is 18.3 Å². The minimum atomic E-state index is -1.04. The first kappa shape index (κ1) is 11.0. The zero-order valence-electron chi connectivity index (χ0n) is 9.51. The predicted molar refractivity (Wildman–Crippen MR) is 62.9 cm³/mol. The second-order valence-corrected chi connectivity index (χ2v) is 4.40. The van der Waals surface area contributed by atoms with Crippen molar-refractivity contribution in [2.24, 2.45) is 0 Å². The average Bonchev–Trinajstić information content (AvgIpc) is 3.09. The van der Waals surface area contributed by atoms with Crippen molar-refractivity contribution in [3.05, 3.63) is 42.0 Å². The molecule has 0 atom stereocenters. The van der Waals surface area contributed by atoms with Crippen molar-refractivity contribution in [1.29, 1.82) is 0 Å². The molecule has 0 radical (unpaired) electrons. The molecule has 1 fully saturated rings. The van der Waals surface area contributed by atoms with Gasteiger partial charge in [0, 0.05) is 17.8 Å². The third kappa shape index (κ3) is 1.88. The van der Waals surface area contributed by atoms with Crippen molar-refractivity contribution in [1.82, 2.24) is 9.55 Å². The molecule has 18 heavy (non-hydrogen) atoms. The zero-order valence-corrected chi connectivity index (χ0v) is 9.51. The number of imidazole rings is 1. The van der Waals surface area contributed by atoms with Crippen molar-refractivity contribution in [2.75, 3.05) is 0 Å². The summed E-state index contributed by atoms with van der Waals surface area (Å²) in [6.07, 6.45) is 3.62. The van der Waals surface area contributed by atoms with E-state index in [-0.39, 0.29) is 11.5 Å². The monoisotopic (exact) mass is 246 g/mol. The van der Waals surface area contributed by atoms with E-state index in [2.05, 4.69) is 4.98 Å². The normalized spacial score (nSPS) is 14.7. The van der Waals surface area contributed by atoms with Gasteiger partial charge in [0.2, 0.25) is 0 Å². The van der Waals surface area contributed by atoms with E-state index >= 15 is 0 Å². The molecule has 0 unspecified atom stereocenters. The van der Waals surface area contributed by atoms with Crippen molar-refractivity contribution in [3.8, 4) is 11.4 Å². The smallest absolute Gasteiger partial charge is 0.356 e. The molecular weight excluding hydrogens is 235 g/mol. The summed E-state index contributed by atoms with van der Waals surface area (Å²) in [6, 6.07) is 6.25. The zero-order chi connectivity index (χ0) is 12.7. The SMILES string of the molecule is O=C(O)c1cn(C2CC2)c(-c2ccc(F)cc2)n1. The first-order chi connectivity index (χ1) is 8.65. The van der Waals surface area contributed by atoms with Crippen LogP contribution in [0.4, 0.5) is 4.39 Å². The first-order valence-electron chi connectivity index (χ1n) is 5.73. The van der Waals surface area contributed by atoms with Crippen LogP contribution >= 0.6 is 0 Å². The molecule has 0 aliphatic heterocycles. The molecule has 1 N–H and O–H groups in total. The van der Waals surface area contributed by atoms with Crippen LogP contribution in [0.3, 0.4) is 0 Å². The lowest BCUT2D eigenvalue weighted by molar-refractivity contribution is 0.0691. The summed E-state index contributed by atoms with van der Waals surface area (Å²) < 4.78 is 14.8.